The highest BCUT2D eigenvalue weighted by Crippen LogP contribution is 2.49. The molecule has 2 aliphatic heterocycles. The number of aryl methyl sites for hydroxylation is 2. The third kappa shape index (κ3) is 2.60. The zero-order valence-corrected chi connectivity index (χ0v) is 15.3. The van der Waals surface area contributed by atoms with E-state index >= 15 is 0 Å². The normalized spacial score (nSPS) is 24.1. The van der Waals surface area contributed by atoms with Gasteiger partial charge in [-0.1, -0.05) is 25.1 Å². The SMILES string of the molecule is CCCn1cc(C(=O)N2C[C@@H]3c4ccccc4OC[C@]3(CO)C2)c(C)n1. The molecule has 1 amide bonds. The predicted octanol–water partition coefficient (Wildman–Crippen LogP) is 2.21. The van der Waals surface area contributed by atoms with Crippen molar-refractivity contribution in [2.24, 2.45) is 5.41 Å². The van der Waals surface area contributed by atoms with Gasteiger partial charge in [-0.2, -0.15) is 5.10 Å². The van der Waals surface area contributed by atoms with E-state index in [0.29, 0.717) is 25.3 Å². The number of carbonyl (C=O) groups is 1. The van der Waals surface area contributed by atoms with Crippen molar-refractivity contribution in [2.45, 2.75) is 32.7 Å². The zero-order chi connectivity index (χ0) is 18.3. The summed E-state index contributed by atoms with van der Waals surface area (Å²) >= 11 is 0. The Kier molecular flexibility index (Phi) is 4.23. The fourth-order valence-electron chi connectivity index (χ4n) is 4.27. The number of carbonyl (C=O) groups excluding carboxylic acids is 1. The molecule has 1 N–H and O–H groups in total. The van der Waals surface area contributed by atoms with Gasteiger partial charge in [0, 0.05) is 31.7 Å². The molecule has 0 radical (unpaired) electrons. The summed E-state index contributed by atoms with van der Waals surface area (Å²) in [5, 5.41) is 14.6. The maximum Gasteiger partial charge on any atom is 0.257 e. The third-order valence-corrected chi connectivity index (χ3v) is 5.69. The van der Waals surface area contributed by atoms with Crippen molar-refractivity contribution in [2.75, 3.05) is 26.3 Å². The van der Waals surface area contributed by atoms with Crippen molar-refractivity contribution in [3.05, 3.63) is 47.3 Å². The molecule has 1 saturated heterocycles. The van der Waals surface area contributed by atoms with Crippen molar-refractivity contribution in [1.82, 2.24) is 14.7 Å². The summed E-state index contributed by atoms with van der Waals surface area (Å²) in [4.78, 5) is 15.0. The van der Waals surface area contributed by atoms with E-state index in [1.165, 1.54) is 0 Å². The van der Waals surface area contributed by atoms with E-state index in [4.69, 9.17) is 4.74 Å². The molecule has 2 atom stereocenters. The van der Waals surface area contributed by atoms with Crippen molar-refractivity contribution in [3.63, 3.8) is 0 Å². The monoisotopic (exact) mass is 355 g/mol. The fraction of sp³-hybridized carbons (Fsp3) is 0.500. The third-order valence-electron chi connectivity index (χ3n) is 5.69. The Balaban J connectivity index is 1.63. The number of rotatable bonds is 4. The number of amides is 1. The molecule has 138 valence electrons. The number of hydrogen-bond acceptors (Lipinski definition) is 4. The van der Waals surface area contributed by atoms with Crippen molar-refractivity contribution >= 4 is 5.91 Å². The van der Waals surface area contributed by atoms with E-state index in [1.807, 2.05) is 47.0 Å². The summed E-state index contributed by atoms with van der Waals surface area (Å²) < 4.78 is 7.75. The van der Waals surface area contributed by atoms with Crippen LogP contribution in [-0.4, -0.2) is 52.0 Å². The summed E-state index contributed by atoms with van der Waals surface area (Å²) in [5.74, 6) is 0.944. The van der Waals surface area contributed by atoms with Gasteiger partial charge in [0.2, 0.25) is 0 Å². The van der Waals surface area contributed by atoms with E-state index in [9.17, 15) is 9.90 Å². The summed E-state index contributed by atoms with van der Waals surface area (Å²) in [6, 6.07) is 7.94. The second-order valence-electron chi connectivity index (χ2n) is 7.48. The van der Waals surface area contributed by atoms with Crippen LogP contribution in [0.5, 0.6) is 5.75 Å². The van der Waals surface area contributed by atoms with Gasteiger partial charge in [0.25, 0.3) is 5.91 Å². The van der Waals surface area contributed by atoms with Crippen molar-refractivity contribution in [3.8, 4) is 5.75 Å². The Hall–Kier alpha value is -2.34. The first kappa shape index (κ1) is 17.1. The molecule has 1 aromatic carbocycles. The van der Waals surface area contributed by atoms with Crippen LogP contribution in [0.3, 0.4) is 0 Å². The van der Waals surface area contributed by atoms with Crippen LogP contribution in [0.1, 0.15) is 40.9 Å². The lowest BCUT2D eigenvalue weighted by molar-refractivity contribution is 0.0440. The first-order valence-corrected chi connectivity index (χ1v) is 9.24. The van der Waals surface area contributed by atoms with Crippen LogP contribution in [0.4, 0.5) is 0 Å². The number of fused-ring (bicyclic) bond motifs is 3. The van der Waals surface area contributed by atoms with Crippen LogP contribution in [0.15, 0.2) is 30.5 Å². The van der Waals surface area contributed by atoms with Crippen LogP contribution in [0, 0.1) is 12.3 Å². The smallest absolute Gasteiger partial charge is 0.257 e. The van der Waals surface area contributed by atoms with E-state index < -0.39 is 5.41 Å². The Labute approximate surface area is 153 Å². The minimum atomic E-state index is -0.433. The second kappa shape index (κ2) is 6.43. The molecule has 0 unspecified atom stereocenters. The van der Waals surface area contributed by atoms with Gasteiger partial charge in [0.15, 0.2) is 0 Å². The Morgan fingerprint density at radius 3 is 3.00 bits per heavy atom. The molecule has 3 heterocycles. The number of nitrogens with zero attached hydrogens (tertiary/aromatic N) is 3. The van der Waals surface area contributed by atoms with Gasteiger partial charge in [-0.25, -0.2) is 0 Å². The molecule has 26 heavy (non-hydrogen) atoms. The summed E-state index contributed by atoms with van der Waals surface area (Å²) in [7, 11) is 0. The molecular formula is C20H25N3O3. The molecule has 0 spiro atoms. The van der Waals surface area contributed by atoms with E-state index in [2.05, 4.69) is 12.0 Å². The highest BCUT2D eigenvalue weighted by atomic mass is 16.5. The predicted molar refractivity (Wildman–Crippen MR) is 97.4 cm³/mol. The summed E-state index contributed by atoms with van der Waals surface area (Å²) in [5.41, 5.74) is 2.06. The lowest BCUT2D eigenvalue weighted by Crippen LogP contribution is -2.42. The highest BCUT2D eigenvalue weighted by Gasteiger charge is 2.52. The molecule has 0 saturated carbocycles. The van der Waals surface area contributed by atoms with Gasteiger partial charge in [0.05, 0.1) is 29.9 Å². The van der Waals surface area contributed by atoms with Crippen molar-refractivity contribution in [1.29, 1.82) is 0 Å². The first-order chi connectivity index (χ1) is 12.6. The average molecular weight is 355 g/mol. The summed E-state index contributed by atoms with van der Waals surface area (Å²) in [6.45, 7) is 6.30. The summed E-state index contributed by atoms with van der Waals surface area (Å²) in [6.07, 6.45) is 2.82. The van der Waals surface area contributed by atoms with Crippen molar-refractivity contribution < 1.29 is 14.6 Å². The number of likely N-dealkylation sites (tertiary alicyclic amines) is 1. The Bertz CT molecular complexity index is 831. The number of aliphatic hydroxyl groups excluding tert-OH is 1. The topological polar surface area (TPSA) is 67.6 Å². The standard InChI is InChI=1S/C20H25N3O3/c1-3-8-23-9-16(14(2)21-23)19(25)22-10-17-15-6-4-5-7-18(15)26-13-20(17,11-22)12-24/h4-7,9,17,24H,3,8,10-13H2,1-2H3/t17-,20-/m1/s1. The quantitative estimate of drug-likeness (QED) is 0.913. The number of hydrogen-bond donors (Lipinski definition) is 1. The van der Waals surface area contributed by atoms with Gasteiger partial charge < -0.3 is 14.7 Å². The Morgan fingerprint density at radius 2 is 2.23 bits per heavy atom. The second-order valence-corrected chi connectivity index (χ2v) is 7.48. The molecule has 6 heteroatoms. The van der Waals surface area contributed by atoms with Crippen LogP contribution in [-0.2, 0) is 6.54 Å². The minimum Gasteiger partial charge on any atom is -0.493 e. The van der Waals surface area contributed by atoms with Gasteiger partial charge in [0.1, 0.15) is 5.75 Å². The maximum absolute atomic E-state index is 13.1. The van der Waals surface area contributed by atoms with E-state index in [-0.39, 0.29) is 18.4 Å². The molecule has 1 aromatic heterocycles. The first-order valence-electron chi connectivity index (χ1n) is 9.24. The number of aromatic nitrogens is 2. The van der Waals surface area contributed by atoms with Crippen LogP contribution < -0.4 is 4.74 Å². The molecule has 4 rings (SSSR count). The minimum absolute atomic E-state index is 0.00383. The molecule has 1 fully saturated rings. The van der Waals surface area contributed by atoms with Crippen LogP contribution in [0.25, 0.3) is 0 Å². The van der Waals surface area contributed by atoms with Gasteiger partial charge >= 0.3 is 0 Å². The fourth-order valence-corrected chi connectivity index (χ4v) is 4.27. The van der Waals surface area contributed by atoms with E-state index in [1.54, 1.807) is 0 Å². The van der Waals surface area contributed by atoms with Gasteiger partial charge in [-0.3, -0.25) is 9.48 Å². The molecule has 0 bridgehead atoms. The van der Waals surface area contributed by atoms with Crippen LogP contribution >= 0.6 is 0 Å². The lowest BCUT2D eigenvalue weighted by Gasteiger charge is -2.37. The molecule has 6 nitrogen and oxygen atoms in total. The number of aliphatic hydroxyl groups is 1. The largest absolute Gasteiger partial charge is 0.493 e. The molecule has 2 aliphatic rings. The Morgan fingerprint density at radius 1 is 1.42 bits per heavy atom. The lowest BCUT2D eigenvalue weighted by atomic mass is 9.74. The number of benzene rings is 1. The average Bonchev–Trinajstić information content (AvgIpc) is 3.23. The van der Waals surface area contributed by atoms with Crippen LogP contribution in [0.2, 0.25) is 0 Å². The van der Waals surface area contributed by atoms with Gasteiger partial charge in [-0.05, 0) is 25.0 Å². The molecule has 2 aromatic rings. The molecular weight excluding hydrogens is 330 g/mol. The maximum atomic E-state index is 13.1. The van der Waals surface area contributed by atoms with Gasteiger partial charge in [-0.15, -0.1) is 0 Å². The van der Waals surface area contributed by atoms with E-state index in [0.717, 1.165) is 30.0 Å². The number of para-hydroxylation sites is 1. The zero-order valence-electron chi connectivity index (χ0n) is 15.3. The molecule has 0 aliphatic carbocycles. The number of ether oxygens (including phenoxy) is 1. The highest BCUT2D eigenvalue weighted by molar-refractivity contribution is 5.95.